The maximum atomic E-state index is 11.5. The molecule has 19 heavy (non-hydrogen) atoms. The third kappa shape index (κ3) is 3.08. The van der Waals surface area contributed by atoms with Crippen LogP contribution < -0.4 is 0 Å². The van der Waals surface area contributed by atoms with Gasteiger partial charge >= 0.3 is 12.1 Å². The number of amides is 1. The number of esters is 1. The van der Waals surface area contributed by atoms with Gasteiger partial charge in [-0.25, -0.2) is 9.59 Å². The molecule has 0 aromatic carbocycles. The van der Waals surface area contributed by atoms with Crippen LogP contribution in [0, 0.1) is 5.41 Å². The van der Waals surface area contributed by atoms with Gasteiger partial charge in [-0.2, -0.15) is 0 Å². The Hall–Kier alpha value is -1.52. The van der Waals surface area contributed by atoms with Crippen LogP contribution in [0.5, 0.6) is 0 Å². The van der Waals surface area contributed by atoms with E-state index < -0.39 is 17.6 Å². The van der Waals surface area contributed by atoms with Gasteiger partial charge in [0.1, 0.15) is 0 Å². The summed E-state index contributed by atoms with van der Waals surface area (Å²) in [6, 6.07) is 0. The second-order valence-corrected chi connectivity index (χ2v) is 5.80. The van der Waals surface area contributed by atoms with Crippen molar-refractivity contribution in [3.05, 3.63) is 12.2 Å². The molecule has 0 saturated carbocycles. The molecule has 1 atom stereocenters. The Morgan fingerprint density at radius 1 is 1.42 bits per heavy atom. The second-order valence-electron chi connectivity index (χ2n) is 5.80. The molecule has 0 spiro atoms. The zero-order chi connectivity index (χ0) is 14.7. The number of nitrogens with zero attached hydrogens (tertiary/aromatic N) is 1. The monoisotopic (exact) mass is 269 g/mol. The Bertz CT molecular complexity index is 383. The van der Waals surface area contributed by atoms with E-state index in [0.29, 0.717) is 13.2 Å². The Morgan fingerprint density at radius 3 is 2.53 bits per heavy atom. The van der Waals surface area contributed by atoms with Gasteiger partial charge in [0.05, 0.1) is 12.1 Å². The molecule has 1 aliphatic heterocycles. The molecule has 1 heterocycles. The van der Waals surface area contributed by atoms with Crippen molar-refractivity contribution in [3.63, 3.8) is 0 Å². The van der Waals surface area contributed by atoms with Crippen LogP contribution >= 0.6 is 0 Å². The number of rotatable bonds is 3. The lowest BCUT2D eigenvalue weighted by molar-refractivity contribution is -0.137. The maximum Gasteiger partial charge on any atom is 0.408 e. The Balaban J connectivity index is 3.08. The molecule has 1 saturated heterocycles. The van der Waals surface area contributed by atoms with Crippen LogP contribution in [0.1, 0.15) is 40.5 Å². The van der Waals surface area contributed by atoms with Crippen molar-refractivity contribution in [3.8, 4) is 0 Å². The van der Waals surface area contributed by atoms with Crippen LogP contribution in [0.3, 0.4) is 0 Å². The molecule has 1 N–H and O–H groups in total. The number of ether oxygens (including phenoxy) is 1. The molecule has 1 rings (SSSR count). The maximum absolute atomic E-state index is 11.5. The summed E-state index contributed by atoms with van der Waals surface area (Å²) in [6.07, 6.45) is 3.64. The van der Waals surface area contributed by atoms with Gasteiger partial charge in [-0.3, -0.25) is 4.90 Å². The summed E-state index contributed by atoms with van der Waals surface area (Å²) >= 11 is 0. The van der Waals surface area contributed by atoms with E-state index in [1.165, 1.54) is 11.0 Å². The van der Waals surface area contributed by atoms with Gasteiger partial charge < -0.3 is 9.84 Å². The molecular formula is C14H23NO4. The third-order valence-electron chi connectivity index (χ3n) is 3.73. The summed E-state index contributed by atoms with van der Waals surface area (Å²) < 4.78 is 4.86. The molecular weight excluding hydrogens is 246 g/mol. The van der Waals surface area contributed by atoms with Crippen LogP contribution in [0.2, 0.25) is 0 Å². The average Bonchev–Trinajstić information content (AvgIpc) is 2.71. The fourth-order valence-corrected chi connectivity index (χ4v) is 2.71. The summed E-state index contributed by atoms with van der Waals surface area (Å²) in [7, 11) is 0. The number of carboxylic acid groups (broad SMARTS) is 1. The quantitative estimate of drug-likeness (QED) is 0.632. The van der Waals surface area contributed by atoms with Gasteiger partial charge in [-0.05, 0) is 25.2 Å². The molecule has 0 bridgehead atoms. The van der Waals surface area contributed by atoms with Gasteiger partial charge in [-0.15, -0.1) is 0 Å². The number of carbonyl (C=O) groups is 2. The molecule has 1 fully saturated rings. The largest absolute Gasteiger partial charge is 0.465 e. The van der Waals surface area contributed by atoms with Gasteiger partial charge in [0.25, 0.3) is 0 Å². The first-order chi connectivity index (χ1) is 8.74. The Kier molecular flexibility index (Phi) is 4.61. The highest BCUT2D eigenvalue weighted by Gasteiger charge is 2.50. The highest BCUT2D eigenvalue weighted by atomic mass is 16.5. The minimum absolute atomic E-state index is 0.287. The van der Waals surface area contributed by atoms with Crippen molar-refractivity contribution in [2.24, 2.45) is 5.41 Å². The van der Waals surface area contributed by atoms with Gasteiger partial charge in [0.15, 0.2) is 0 Å². The summed E-state index contributed by atoms with van der Waals surface area (Å²) in [5.74, 6) is -0.427. The number of hydrogen-bond acceptors (Lipinski definition) is 3. The lowest BCUT2D eigenvalue weighted by Gasteiger charge is -2.45. The second kappa shape index (κ2) is 5.63. The number of likely N-dealkylation sites (tertiary alicyclic amines) is 1. The van der Waals surface area contributed by atoms with E-state index in [2.05, 4.69) is 0 Å². The van der Waals surface area contributed by atoms with E-state index >= 15 is 0 Å². The highest BCUT2D eigenvalue weighted by molar-refractivity contribution is 5.82. The minimum atomic E-state index is -0.944. The Labute approximate surface area is 114 Å². The normalized spacial score (nSPS) is 23.9. The van der Waals surface area contributed by atoms with E-state index in [0.717, 1.165) is 12.8 Å². The van der Waals surface area contributed by atoms with Crippen molar-refractivity contribution in [2.75, 3.05) is 13.2 Å². The molecule has 5 heteroatoms. The van der Waals surface area contributed by atoms with E-state index in [9.17, 15) is 14.7 Å². The van der Waals surface area contributed by atoms with Crippen molar-refractivity contribution in [1.82, 2.24) is 4.90 Å². The smallest absolute Gasteiger partial charge is 0.408 e. The Morgan fingerprint density at radius 2 is 2.05 bits per heavy atom. The molecule has 0 aromatic rings. The van der Waals surface area contributed by atoms with Crippen LogP contribution in [0.4, 0.5) is 4.79 Å². The minimum Gasteiger partial charge on any atom is -0.465 e. The molecule has 1 aliphatic rings. The average molecular weight is 269 g/mol. The van der Waals surface area contributed by atoms with Crippen molar-refractivity contribution >= 4 is 12.1 Å². The number of carbonyl (C=O) groups excluding carboxylic acids is 1. The fourth-order valence-electron chi connectivity index (χ4n) is 2.71. The molecule has 0 unspecified atom stereocenters. The van der Waals surface area contributed by atoms with Crippen LogP contribution in [-0.2, 0) is 9.53 Å². The highest BCUT2D eigenvalue weighted by Crippen LogP contribution is 2.44. The topological polar surface area (TPSA) is 66.8 Å². The summed E-state index contributed by atoms with van der Waals surface area (Å²) in [5, 5.41) is 9.36. The summed E-state index contributed by atoms with van der Waals surface area (Å²) in [5.41, 5.74) is -0.934. The van der Waals surface area contributed by atoms with Crippen molar-refractivity contribution in [2.45, 2.75) is 46.1 Å². The molecule has 108 valence electrons. The predicted octanol–water partition coefficient (Wildman–Crippen LogP) is 2.66. The van der Waals surface area contributed by atoms with Crippen LogP contribution in [0.15, 0.2) is 12.2 Å². The molecule has 0 aromatic heterocycles. The lowest BCUT2D eigenvalue weighted by atomic mass is 9.71. The zero-order valence-corrected chi connectivity index (χ0v) is 12.1. The van der Waals surface area contributed by atoms with Gasteiger partial charge in [-0.1, -0.05) is 26.8 Å². The van der Waals surface area contributed by atoms with E-state index in [1.807, 2.05) is 20.8 Å². The fraction of sp³-hybridized carbons (Fsp3) is 0.714. The van der Waals surface area contributed by atoms with Crippen molar-refractivity contribution in [1.29, 1.82) is 0 Å². The molecule has 1 amide bonds. The first-order valence-corrected chi connectivity index (χ1v) is 6.61. The first-order valence-electron chi connectivity index (χ1n) is 6.61. The standard InChI is InChI=1S/C14H23NO4/c1-5-19-11(16)7-9-14(13(2,3)4)8-6-10-15(14)12(17)18/h7,9H,5-6,8,10H2,1-4H3,(H,17,18)/b9-7+/t14-/m0/s1. The zero-order valence-electron chi connectivity index (χ0n) is 12.1. The van der Waals surface area contributed by atoms with E-state index in [-0.39, 0.29) is 5.41 Å². The van der Waals surface area contributed by atoms with E-state index in [1.54, 1.807) is 13.0 Å². The first kappa shape index (κ1) is 15.5. The van der Waals surface area contributed by atoms with Crippen molar-refractivity contribution < 1.29 is 19.4 Å². The summed E-state index contributed by atoms with van der Waals surface area (Å²) in [6.45, 7) is 8.52. The molecule has 0 aliphatic carbocycles. The summed E-state index contributed by atoms with van der Waals surface area (Å²) in [4.78, 5) is 24.3. The SMILES string of the molecule is CCOC(=O)/C=C/[C@]1(C(C)(C)C)CCCN1C(=O)O. The lowest BCUT2D eigenvalue weighted by Crippen LogP contribution is -2.54. The third-order valence-corrected chi connectivity index (χ3v) is 3.73. The van der Waals surface area contributed by atoms with Crippen LogP contribution in [0.25, 0.3) is 0 Å². The van der Waals surface area contributed by atoms with Crippen LogP contribution in [-0.4, -0.2) is 40.8 Å². The molecule has 0 radical (unpaired) electrons. The van der Waals surface area contributed by atoms with Gasteiger partial charge in [0.2, 0.25) is 0 Å². The van der Waals surface area contributed by atoms with Gasteiger partial charge in [0, 0.05) is 12.6 Å². The van der Waals surface area contributed by atoms with E-state index in [4.69, 9.17) is 4.74 Å². The predicted molar refractivity (Wildman–Crippen MR) is 71.9 cm³/mol. The number of hydrogen-bond donors (Lipinski definition) is 1. The molecule has 5 nitrogen and oxygen atoms in total.